The summed E-state index contributed by atoms with van der Waals surface area (Å²) in [5.41, 5.74) is 1.49. The van der Waals surface area contributed by atoms with Crippen molar-refractivity contribution in [1.82, 2.24) is 5.32 Å². The van der Waals surface area contributed by atoms with Crippen LogP contribution in [0, 0.1) is 5.82 Å². The molecule has 0 heterocycles. The summed E-state index contributed by atoms with van der Waals surface area (Å²) in [6.07, 6.45) is 2.57. The molecule has 2 nitrogen and oxygen atoms in total. The number of ether oxygens (including phenoxy) is 1. The standard InChI is InChI=1S/C17H17ClFNO/c1-20-17(15-10-12(18)5-8-16(15)19)11-3-2-4-14(9-11)21-13-6-7-13/h2-5,8-10,13,17,20H,6-7H2,1H3. The lowest BCUT2D eigenvalue weighted by atomic mass is 9.98. The van der Waals surface area contributed by atoms with Crippen LogP contribution >= 0.6 is 11.6 Å². The number of benzene rings is 2. The Morgan fingerprint density at radius 2 is 2.05 bits per heavy atom. The van der Waals surface area contributed by atoms with Crippen molar-refractivity contribution in [3.63, 3.8) is 0 Å². The summed E-state index contributed by atoms with van der Waals surface area (Å²) in [5.74, 6) is 0.560. The third-order valence-corrected chi connectivity index (χ3v) is 3.81. The molecule has 1 atom stereocenters. The molecule has 0 bridgehead atoms. The maximum atomic E-state index is 14.1. The van der Waals surface area contributed by atoms with E-state index in [0.717, 1.165) is 24.2 Å². The van der Waals surface area contributed by atoms with Gasteiger partial charge in [-0.2, -0.15) is 0 Å². The number of hydrogen-bond donors (Lipinski definition) is 1. The van der Waals surface area contributed by atoms with Gasteiger partial charge in [0, 0.05) is 10.6 Å². The minimum Gasteiger partial charge on any atom is -0.490 e. The summed E-state index contributed by atoms with van der Waals surface area (Å²) in [6.45, 7) is 0. The summed E-state index contributed by atoms with van der Waals surface area (Å²) in [5, 5.41) is 3.67. The Kier molecular flexibility index (Phi) is 4.13. The molecule has 1 unspecified atom stereocenters. The van der Waals surface area contributed by atoms with Crippen molar-refractivity contribution in [3.05, 3.63) is 64.4 Å². The third-order valence-electron chi connectivity index (χ3n) is 3.58. The lowest BCUT2D eigenvalue weighted by molar-refractivity contribution is 0.302. The summed E-state index contributed by atoms with van der Waals surface area (Å²) in [7, 11) is 1.80. The summed E-state index contributed by atoms with van der Waals surface area (Å²) in [6, 6.07) is 12.1. The average Bonchev–Trinajstić information content (AvgIpc) is 3.28. The minimum atomic E-state index is -0.271. The first-order valence-corrected chi connectivity index (χ1v) is 7.44. The van der Waals surface area contributed by atoms with Crippen molar-refractivity contribution >= 4 is 11.6 Å². The average molecular weight is 306 g/mol. The Morgan fingerprint density at radius 3 is 2.76 bits per heavy atom. The molecule has 1 saturated carbocycles. The summed E-state index contributed by atoms with van der Waals surface area (Å²) < 4.78 is 19.9. The molecule has 3 rings (SSSR count). The quantitative estimate of drug-likeness (QED) is 0.888. The molecule has 0 aliphatic heterocycles. The van der Waals surface area contributed by atoms with Gasteiger partial charge < -0.3 is 10.1 Å². The van der Waals surface area contributed by atoms with Gasteiger partial charge in [-0.15, -0.1) is 0 Å². The zero-order chi connectivity index (χ0) is 14.8. The first kappa shape index (κ1) is 14.4. The van der Waals surface area contributed by atoms with Gasteiger partial charge in [-0.05, 0) is 55.8 Å². The third kappa shape index (κ3) is 3.36. The Labute approximate surface area is 128 Å². The fraction of sp³-hybridized carbons (Fsp3) is 0.294. The predicted octanol–water partition coefficient (Wildman–Crippen LogP) is 4.33. The molecule has 1 fully saturated rings. The predicted molar refractivity (Wildman–Crippen MR) is 82.4 cm³/mol. The molecule has 2 aromatic rings. The van der Waals surface area contributed by atoms with Crippen LogP contribution < -0.4 is 10.1 Å². The van der Waals surface area contributed by atoms with E-state index >= 15 is 0 Å². The van der Waals surface area contributed by atoms with Crippen LogP contribution in [-0.4, -0.2) is 13.2 Å². The molecule has 21 heavy (non-hydrogen) atoms. The second kappa shape index (κ2) is 6.04. The van der Waals surface area contributed by atoms with Gasteiger partial charge in [0.25, 0.3) is 0 Å². The van der Waals surface area contributed by atoms with Crippen molar-refractivity contribution in [2.45, 2.75) is 25.0 Å². The van der Waals surface area contributed by atoms with Crippen molar-refractivity contribution in [1.29, 1.82) is 0 Å². The largest absolute Gasteiger partial charge is 0.490 e. The Morgan fingerprint density at radius 1 is 1.24 bits per heavy atom. The molecule has 1 aliphatic carbocycles. The van der Waals surface area contributed by atoms with Gasteiger partial charge in [0.05, 0.1) is 12.1 Å². The second-order valence-corrected chi connectivity index (χ2v) is 5.71. The van der Waals surface area contributed by atoms with Crippen molar-refractivity contribution in [2.75, 3.05) is 7.05 Å². The smallest absolute Gasteiger partial charge is 0.128 e. The maximum Gasteiger partial charge on any atom is 0.128 e. The summed E-state index contributed by atoms with van der Waals surface area (Å²) in [4.78, 5) is 0. The molecule has 2 aromatic carbocycles. The molecule has 4 heteroatoms. The van der Waals surface area contributed by atoms with E-state index in [1.807, 2.05) is 24.3 Å². The highest BCUT2D eigenvalue weighted by Crippen LogP contribution is 2.31. The van der Waals surface area contributed by atoms with Gasteiger partial charge in [-0.1, -0.05) is 23.7 Å². The minimum absolute atomic E-state index is 0.258. The van der Waals surface area contributed by atoms with Crippen LogP contribution in [0.15, 0.2) is 42.5 Å². The van der Waals surface area contributed by atoms with Gasteiger partial charge in [0.15, 0.2) is 0 Å². The molecule has 0 amide bonds. The highest BCUT2D eigenvalue weighted by Gasteiger charge is 2.24. The van der Waals surface area contributed by atoms with E-state index in [2.05, 4.69) is 5.32 Å². The number of hydrogen-bond acceptors (Lipinski definition) is 2. The molecular weight excluding hydrogens is 289 g/mol. The van der Waals surface area contributed by atoms with E-state index in [1.165, 1.54) is 6.07 Å². The van der Waals surface area contributed by atoms with E-state index in [4.69, 9.17) is 16.3 Å². The Bertz CT molecular complexity index is 642. The fourth-order valence-electron chi connectivity index (χ4n) is 2.38. The molecule has 0 spiro atoms. The van der Waals surface area contributed by atoms with Gasteiger partial charge in [-0.3, -0.25) is 0 Å². The number of nitrogens with one attached hydrogen (secondary N) is 1. The highest BCUT2D eigenvalue weighted by atomic mass is 35.5. The Balaban J connectivity index is 1.93. The number of rotatable bonds is 5. The molecule has 110 valence electrons. The van der Waals surface area contributed by atoms with Crippen LogP contribution in [0.5, 0.6) is 5.75 Å². The van der Waals surface area contributed by atoms with E-state index in [1.54, 1.807) is 19.2 Å². The zero-order valence-electron chi connectivity index (χ0n) is 11.8. The zero-order valence-corrected chi connectivity index (χ0v) is 12.5. The van der Waals surface area contributed by atoms with Crippen LogP contribution in [-0.2, 0) is 0 Å². The SMILES string of the molecule is CNC(c1cccc(OC2CC2)c1)c1cc(Cl)ccc1F. The van der Waals surface area contributed by atoms with Gasteiger partial charge in [0.1, 0.15) is 11.6 Å². The molecule has 0 aromatic heterocycles. The lowest BCUT2D eigenvalue weighted by Crippen LogP contribution is -2.19. The lowest BCUT2D eigenvalue weighted by Gasteiger charge is -2.19. The second-order valence-electron chi connectivity index (χ2n) is 5.28. The van der Waals surface area contributed by atoms with Crippen LogP contribution in [0.25, 0.3) is 0 Å². The normalized spacial score (nSPS) is 15.8. The summed E-state index contributed by atoms with van der Waals surface area (Å²) >= 11 is 5.99. The first-order valence-electron chi connectivity index (χ1n) is 7.06. The molecule has 1 aliphatic rings. The van der Waals surface area contributed by atoms with Crippen molar-refractivity contribution in [2.24, 2.45) is 0 Å². The van der Waals surface area contributed by atoms with Crippen molar-refractivity contribution < 1.29 is 9.13 Å². The van der Waals surface area contributed by atoms with Crippen LogP contribution in [0.2, 0.25) is 5.02 Å². The van der Waals surface area contributed by atoms with E-state index in [-0.39, 0.29) is 11.9 Å². The van der Waals surface area contributed by atoms with Crippen molar-refractivity contribution in [3.8, 4) is 5.75 Å². The monoisotopic (exact) mass is 305 g/mol. The molecule has 1 N–H and O–H groups in total. The van der Waals surface area contributed by atoms with Crippen LogP contribution in [0.3, 0.4) is 0 Å². The topological polar surface area (TPSA) is 21.3 Å². The van der Waals surface area contributed by atoms with E-state index < -0.39 is 0 Å². The molecular formula is C17H17ClFNO. The highest BCUT2D eigenvalue weighted by molar-refractivity contribution is 6.30. The fourth-order valence-corrected chi connectivity index (χ4v) is 2.56. The number of halogens is 2. The van der Waals surface area contributed by atoms with Gasteiger partial charge >= 0.3 is 0 Å². The van der Waals surface area contributed by atoms with Gasteiger partial charge in [0.2, 0.25) is 0 Å². The molecule has 0 saturated heterocycles. The molecule has 0 radical (unpaired) electrons. The maximum absolute atomic E-state index is 14.1. The van der Waals surface area contributed by atoms with Crippen LogP contribution in [0.1, 0.15) is 30.0 Å². The van der Waals surface area contributed by atoms with E-state index in [0.29, 0.717) is 16.7 Å². The first-order chi connectivity index (χ1) is 10.2. The van der Waals surface area contributed by atoms with Crippen LogP contribution in [0.4, 0.5) is 4.39 Å². The Hall–Kier alpha value is -1.58. The van der Waals surface area contributed by atoms with E-state index in [9.17, 15) is 4.39 Å². The van der Waals surface area contributed by atoms with Gasteiger partial charge in [-0.25, -0.2) is 4.39 Å².